The van der Waals surface area contributed by atoms with Crippen LogP contribution in [0.15, 0.2) is 70.3 Å². The van der Waals surface area contributed by atoms with Crippen molar-refractivity contribution in [1.82, 2.24) is 0 Å². The maximum atomic E-state index is 14.2. The van der Waals surface area contributed by atoms with Crippen LogP contribution in [0.4, 0.5) is 9.39 Å². The molecule has 0 spiro atoms. The molecule has 7 heteroatoms. The van der Waals surface area contributed by atoms with Crippen LogP contribution in [0, 0.1) is 0 Å². The zero-order valence-corrected chi connectivity index (χ0v) is 16.2. The number of carboxylic acids is 1. The van der Waals surface area contributed by atoms with Crippen LogP contribution < -0.4 is 5.32 Å². The van der Waals surface area contributed by atoms with Crippen molar-refractivity contribution in [3.63, 3.8) is 0 Å². The van der Waals surface area contributed by atoms with Crippen LogP contribution in [0.3, 0.4) is 0 Å². The number of anilines is 1. The summed E-state index contributed by atoms with van der Waals surface area (Å²) in [6, 6.07) is 15.7. The van der Waals surface area contributed by atoms with Crippen molar-refractivity contribution in [3.8, 4) is 11.1 Å². The largest absolute Gasteiger partial charge is 0.478 e. The van der Waals surface area contributed by atoms with Gasteiger partial charge in [-0.05, 0) is 29.3 Å². The second kappa shape index (κ2) is 8.28. The molecule has 3 aromatic rings. The SMILES string of the molecule is O=C(Nc1scc(-c2ccc(Br)cc2)c1C(=O)O)/C(F)=C/c1ccccc1. The molecule has 1 amide bonds. The highest BCUT2D eigenvalue weighted by molar-refractivity contribution is 9.10. The van der Waals surface area contributed by atoms with Gasteiger partial charge in [-0.3, -0.25) is 4.79 Å². The maximum Gasteiger partial charge on any atom is 0.339 e. The minimum absolute atomic E-state index is 0.0665. The molecule has 0 unspecified atom stereocenters. The molecule has 0 aliphatic carbocycles. The number of halogens is 2. The molecule has 4 nitrogen and oxygen atoms in total. The first-order chi connectivity index (χ1) is 13.0. The van der Waals surface area contributed by atoms with E-state index in [1.807, 2.05) is 0 Å². The maximum absolute atomic E-state index is 14.2. The van der Waals surface area contributed by atoms with Crippen LogP contribution in [0.5, 0.6) is 0 Å². The van der Waals surface area contributed by atoms with Crippen LogP contribution >= 0.6 is 27.3 Å². The van der Waals surface area contributed by atoms with E-state index in [9.17, 15) is 19.1 Å². The van der Waals surface area contributed by atoms with Crippen LogP contribution in [-0.2, 0) is 4.79 Å². The highest BCUT2D eigenvalue weighted by Gasteiger charge is 2.22. The van der Waals surface area contributed by atoms with E-state index < -0.39 is 17.7 Å². The fourth-order valence-corrected chi connectivity index (χ4v) is 3.65. The summed E-state index contributed by atoms with van der Waals surface area (Å²) < 4.78 is 15.0. The van der Waals surface area contributed by atoms with Gasteiger partial charge < -0.3 is 10.4 Å². The Balaban J connectivity index is 1.89. The number of carbonyl (C=O) groups is 2. The van der Waals surface area contributed by atoms with Gasteiger partial charge in [0.2, 0.25) is 0 Å². The predicted octanol–water partition coefficient (Wildman–Crippen LogP) is 5.82. The lowest BCUT2D eigenvalue weighted by Gasteiger charge is -2.05. The molecule has 0 bridgehead atoms. The highest BCUT2D eigenvalue weighted by Crippen LogP contribution is 2.36. The lowest BCUT2D eigenvalue weighted by atomic mass is 10.0. The summed E-state index contributed by atoms with van der Waals surface area (Å²) in [5, 5.41) is 13.6. The van der Waals surface area contributed by atoms with Gasteiger partial charge in [0.05, 0.1) is 0 Å². The van der Waals surface area contributed by atoms with Gasteiger partial charge in [-0.2, -0.15) is 0 Å². The minimum Gasteiger partial charge on any atom is -0.478 e. The van der Waals surface area contributed by atoms with Gasteiger partial charge in [0, 0.05) is 15.4 Å². The molecule has 3 rings (SSSR count). The highest BCUT2D eigenvalue weighted by atomic mass is 79.9. The van der Waals surface area contributed by atoms with Gasteiger partial charge >= 0.3 is 5.97 Å². The van der Waals surface area contributed by atoms with Crippen LogP contribution in [0.2, 0.25) is 0 Å². The fourth-order valence-electron chi connectivity index (χ4n) is 2.43. The summed E-state index contributed by atoms with van der Waals surface area (Å²) in [6.45, 7) is 0. The van der Waals surface area contributed by atoms with Gasteiger partial charge in [0.15, 0.2) is 5.83 Å². The normalized spacial score (nSPS) is 11.3. The molecular weight excluding hydrogens is 433 g/mol. The van der Waals surface area contributed by atoms with Crippen molar-refractivity contribution < 1.29 is 19.1 Å². The summed E-state index contributed by atoms with van der Waals surface area (Å²) in [6.07, 6.45) is 1.10. The lowest BCUT2D eigenvalue weighted by molar-refractivity contribution is -0.114. The molecule has 1 heterocycles. The van der Waals surface area contributed by atoms with Gasteiger partial charge in [-0.15, -0.1) is 11.3 Å². The summed E-state index contributed by atoms with van der Waals surface area (Å²) in [4.78, 5) is 23.9. The summed E-state index contributed by atoms with van der Waals surface area (Å²) in [7, 11) is 0. The van der Waals surface area contributed by atoms with E-state index in [0.717, 1.165) is 21.9 Å². The van der Waals surface area contributed by atoms with Crippen molar-refractivity contribution in [2.75, 3.05) is 5.32 Å². The summed E-state index contributed by atoms with van der Waals surface area (Å²) >= 11 is 4.37. The van der Waals surface area contributed by atoms with E-state index in [4.69, 9.17) is 0 Å². The second-order valence-corrected chi connectivity index (χ2v) is 7.32. The number of hydrogen-bond acceptors (Lipinski definition) is 3. The van der Waals surface area contributed by atoms with Crippen molar-refractivity contribution in [1.29, 1.82) is 0 Å². The first-order valence-corrected chi connectivity index (χ1v) is 9.47. The van der Waals surface area contributed by atoms with Gasteiger partial charge in [0.25, 0.3) is 5.91 Å². The molecule has 0 aliphatic heterocycles. The molecular formula is C20H13BrFNO3S. The monoisotopic (exact) mass is 445 g/mol. The van der Waals surface area contributed by atoms with E-state index in [2.05, 4.69) is 21.2 Å². The molecule has 0 fully saturated rings. The molecule has 2 aromatic carbocycles. The average molecular weight is 446 g/mol. The number of nitrogens with one attached hydrogen (secondary N) is 1. The molecule has 2 N–H and O–H groups in total. The van der Waals surface area contributed by atoms with E-state index >= 15 is 0 Å². The molecule has 0 saturated heterocycles. The lowest BCUT2D eigenvalue weighted by Crippen LogP contribution is -2.13. The third kappa shape index (κ3) is 4.50. The Kier molecular flexibility index (Phi) is 5.83. The van der Waals surface area contributed by atoms with Gasteiger partial charge in [-0.25, -0.2) is 9.18 Å². The fraction of sp³-hybridized carbons (Fsp3) is 0. The average Bonchev–Trinajstić information content (AvgIpc) is 3.07. The molecule has 136 valence electrons. The number of aromatic carboxylic acids is 1. The van der Waals surface area contributed by atoms with Crippen LogP contribution in [0.1, 0.15) is 15.9 Å². The topological polar surface area (TPSA) is 66.4 Å². The molecule has 0 aliphatic rings. The van der Waals surface area contributed by atoms with Crippen LogP contribution in [-0.4, -0.2) is 17.0 Å². The molecule has 0 radical (unpaired) electrons. The Hall–Kier alpha value is -2.77. The van der Waals surface area contributed by atoms with Crippen molar-refractivity contribution in [2.45, 2.75) is 0 Å². The van der Waals surface area contributed by atoms with E-state index in [-0.39, 0.29) is 10.6 Å². The number of carbonyl (C=O) groups excluding carboxylic acids is 1. The van der Waals surface area contributed by atoms with Gasteiger partial charge in [-0.1, -0.05) is 58.4 Å². The Labute approximate surface area is 167 Å². The number of thiophene rings is 1. The first kappa shape index (κ1) is 19.0. The summed E-state index contributed by atoms with van der Waals surface area (Å²) in [5.74, 6) is -3.20. The van der Waals surface area contributed by atoms with E-state index in [1.165, 1.54) is 0 Å². The molecule has 0 saturated carbocycles. The predicted molar refractivity (Wildman–Crippen MR) is 109 cm³/mol. The van der Waals surface area contributed by atoms with Crippen molar-refractivity contribution in [2.24, 2.45) is 0 Å². The molecule has 0 atom stereocenters. The first-order valence-electron chi connectivity index (χ1n) is 7.80. The minimum atomic E-state index is -1.20. The van der Waals surface area contributed by atoms with Crippen molar-refractivity contribution >= 4 is 50.2 Å². The van der Waals surface area contributed by atoms with Crippen molar-refractivity contribution in [3.05, 3.63) is 81.4 Å². The van der Waals surface area contributed by atoms with Gasteiger partial charge in [0.1, 0.15) is 10.6 Å². The zero-order valence-electron chi connectivity index (χ0n) is 13.8. The smallest absolute Gasteiger partial charge is 0.339 e. The molecule has 1 aromatic heterocycles. The number of amides is 1. The Morgan fingerprint density at radius 2 is 1.74 bits per heavy atom. The number of carboxylic acid groups (broad SMARTS) is 1. The Bertz CT molecular complexity index is 1010. The standard InChI is InChI=1S/C20H13BrFNO3S/c21-14-8-6-13(7-9-14)15-11-27-19(17(15)20(25)26)23-18(24)16(22)10-12-4-2-1-3-5-12/h1-11H,(H,23,24)(H,25,26)/b16-10-. The molecule has 27 heavy (non-hydrogen) atoms. The Morgan fingerprint density at radius 3 is 2.37 bits per heavy atom. The number of rotatable bonds is 5. The summed E-state index contributed by atoms with van der Waals surface area (Å²) in [5.41, 5.74) is 1.61. The van der Waals surface area contributed by atoms with Crippen LogP contribution in [0.25, 0.3) is 17.2 Å². The number of benzene rings is 2. The third-order valence-corrected chi connectivity index (χ3v) is 5.12. The second-order valence-electron chi connectivity index (χ2n) is 5.52. The van der Waals surface area contributed by atoms with E-state index in [1.54, 1.807) is 60.0 Å². The third-order valence-electron chi connectivity index (χ3n) is 3.70. The number of hydrogen-bond donors (Lipinski definition) is 2. The Morgan fingerprint density at radius 1 is 1.07 bits per heavy atom. The van der Waals surface area contributed by atoms with E-state index in [0.29, 0.717) is 16.7 Å². The quantitative estimate of drug-likeness (QED) is 0.485. The zero-order chi connectivity index (χ0) is 19.4.